The van der Waals surface area contributed by atoms with E-state index in [2.05, 4.69) is 41.5 Å². The van der Waals surface area contributed by atoms with Gasteiger partial charge in [-0.3, -0.25) is 0 Å². The van der Waals surface area contributed by atoms with Crippen LogP contribution in [0.1, 0.15) is 43.7 Å². The molecular formula is C15H22N2. The molecule has 1 saturated carbocycles. The van der Waals surface area contributed by atoms with Crippen LogP contribution in [0.15, 0.2) is 24.3 Å². The summed E-state index contributed by atoms with van der Waals surface area (Å²) < 4.78 is 0. The predicted molar refractivity (Wildman–Crippen MR) is 72.5 cm³/mol. The molecule has 1 fully saturated rings. The van der Waals surface area contributed by atoms with Crippen molar-refractivity contribution in [1.29, 1.82) is 0 Å². The summed E-state index contributed by atoms with van der Waals surface area (Å²) in [7, 11) is 2.08. The fourth-order valence-electron chi connectivity index (χ4n) is 3.48. The Kier molecular flexibility index (Phi) is 3.06. The molecule has 1 aliphatic heterocycles. The van der Waals surface area contributed by atoms with E-state index >= 15 is 0 Å². The molecule has 1 heterocycles. The minimum atomic E-state index is 0.545. The zero-order valence-electron chi connectivity index (χ0n) is 10.7. The second kappa shape index (κ2) is 4.69. The molecule has 3 rings (SSSR count). The first kappa shape index (κ1) is 11.1. The van der Waals surface area contributed by atoms with Crippen molar-refractivity contribution in [3.8, 4) is 0 Å². The van der Waals surface area contributed by atoms with Gasteiger partial charge < -0.3 is 10.2 Å². The molecule has 1 atom stereocenters. The quantitative estimate of drug-likeness (QED) is 0.840. The summed E-state index contributed by atoms with van der Waals surface area (Å²) in [5.74, 6) is 0. The van der Waals surface area contributed by atoms with Crippen LogP contribution in [0.3, 0.4) is 0 Å². The number of para-hydroxylation sites is 1. The molecule has 0 amide bonds. The van der Waals surface area contributed by atoms with E-state index < -0.39 is 0 Å². The van der Waals surface area contributed by atoms with E-state index in [1.807, 2.05) is 0 Å². The first-order chi connectivity index (χ1) is 8.40. The first-order valence-corrected chi connectivity index (χ1v) is 6.93. The van der Waals surface area contributed by atoms with Crippen LogP contribution < -0.4 is 10.2 Å². The summed E-state index contributed by atoms with van der Waals surface area (Å²) in [6.07, 6.45) is 6.85. The second-order valence-electron chi connectivity index (χ2n) is 5.32. The van der Waals surface area contributed by atoms with Crippen molar-refractivity contribution in [2.24, 2.45) is 0 Å². The molecule has 1 unspecified atom stereocenters. The smallest absolute Gasteiger partial charge is 0.0417 e. The van der Waals surface area contributed by atoms with Gasteiger partial charge in [-0.1, -0.05) is 31.0 Å². The average Bonchev–Trinajstić information content (AvgIpc) is 2.91. The van der Waals surface area contributed by atoms with E-state index in [1.54, 1.807) is 0 Å². The number of nitrogens with zero attached hydrogens (tertiary/aromatic N) is 1. The van der Waals surface area contributed by atoms with E-state index in [-0.39, 0.29) is 0 Å². The Morgan fingerprint density at radius 3 is 2.65 bits per heavy atom. The van der Waals surface area contributed by atoms with Gasteiger partial charge in [-0.2, -0.15) is 0 Å². The normalized spacial score (nSPS) is 25.0. The van der Waals surface area contributed by atoms with E-state index in [1.165, 1.54) is 49.9 Å². The van der Waals surface area contributed by atoms with Crippen LogP contribution in [0.5, 0.6) is 0 Å². The summed E-state index contributed by atoms with van der Waals surface area (Å²) >= 11 is 0. The molecule has 1 aromatic carbocycles. The Morgan fingerprint density at radius 2 is 1.88 bits per heavy atom. The van der Waals surface area contributed by atoms with Crippen LogP contribution in [0, 0.1) is 0 Å². The Hall–Kier alpha value is -1.02. The fourth-order valence-corrected chi connectivity index (χ4v) is 3.48. The molecule has 0 bridgehead atoms. The lowest BCUT2D eigenvalue weighted by Gasteiger charge is -2.39. The van der Waals surface area contributed by atoms with E-state index in [0.29, 0.717) is 6.04 Å². The monoisotopic (exact) mass is 230 g/mol. The molecule has 0 saturated heterocycles. The highest BCUT2D eigenvalue weighted by Gasteiger charge is 2.29. The SMILES string of the molecule is CNC1CCN(C2CCCC2)c2ccccc21. The third-order valence-electron chi connectivity index (χ3n) is 4.39. The van der Waals surface area contributed by atoms with Gasteiger partial charge in [0.2, 0.25) is 0 Å². The zero-order valence-corrected chi connectivity index (χ0v) is 10.7. The maximum Gasteiger partial charge on any atom is 0.0417 e. The number of hydrogen-bond donors (Lipinski definition) is 1. The van der Waals surface area contributed by atoms with Crippen molar-refractivity contribution in [2.75, 3.05) is 18.5 Å². The largest absolute Gasteiger partial charge is 0.368 e. The van der Waals surface area contributed by atoms with Crippen LogP contribution in [0.4, 0.5) is 5.69 Å². The van der Waals surface area contributed by atoms with Crippen molar-refractivity contribution in [3.05, 3.63) is 29.8 Å². The maximum atomic E-state index is 3.44. The fraction of sp³-hybridized carbons (Fsp3) is 0.600. The molecule has 2 heteroatoms. The van der Waals surface area contributed by atoms with Crippen LogP contribution in [-0.2, 0) is 0 Å². The van der Waals surface area contributed by atoms with Gasteiger partial charge in [0.05, 0.1) is 0 Å². The van der Waals surface area contributed by atoms with Crippen molar-refractivity contribution < 1.29 is 0 Å². The van der Waals surface area contributed by atoms with Gasteiger partial charge in [0.1, 0.15) is 0 Å². The Balaban J connectivity index is 1.92. The number of rotatable bonds is 2. The lowest BCUT2D eigenvalue weighted by atomic mass is 9.95. The van der Waals surface area contributed by atoms with Crippen LogP contribution in [0.25, 0.3) is 0 Å². The van der Waals surface area contributed by atoms with Gasteiger partial charge in [-0.15, -0.1) is 0 Å². The van der Waals surface area contributed by atoms with Gasteiger partial charge in [0.15, 0.2) is 0 Å². The number of benzene rings is 1. The highest BCUT2D eigenvalue weighted by Crippen LogP contribution is 2.37. The zero-order chi connectivity index (χ0) is 11.7. The molecule has 0 spiro atoms. The van der Waals surface area contributed by atoms with E-state index in [4.69, 9.17) is 0 Å². The standard InChI is InChI=1S/C15H22N2/c1-16-14-10-11-17(12-6-2-3-7-12)15-9-5-4-8-13(14)15/h4-5,8-9,12,14,16H,2-3,6-7,10-11H2,1H3. The Labute approximate surface area is 104 Å². The lowest BCUT2D eigenvalue weighted by Crippen LogP contribution is -2.40. The van der Waals surface area contributed by atoms with Crippen molar-refractivity contribution >= 4 is 5.69 Å². The topological polar surface area (TPSA) is 15.3 Å². The summed E-state index contributed by atoms with van der Waals surface area (Å²) in [4.78, 5) is 2.66. The number of hydrogen-bond acceptors (Lipinski definition) is 2. The van der Waals surface area contributed by atoms with Gasteiger partial charge in [0, 0.05) is 24.3 Å². The van der Waals surface area contributed by atoms with Crippen LogP contribution in [-0.4, -0.2) is 19.6 Å². The van der Waals surface area contributed by atoms with E-state index in [0.717, 1.165) is 6.04 Å². The van der Waals surface area contributed by atoms with Gasteiger partial charge in [0.25, 0.3) is 0 Å². The number of fused-ring (bicyclic) bond motifs is 1. The predicted octanol–water partition coefficient (Wildman–Crippen LogP) is 3.10. The highest BCUT2D eigenvalue weighted by molar-refractivity contribution is 5.57. The minimum Gasteiger partial charge on any atom is -0.368 e. The second-order valence-corrected chi connectivity index (χ2v) is 5.32. The molecule has 0 radical (unpaired) electrons. The van der Waals surface area contributed by atoms with Crippen molar-refractivity contribution in [1.82, 2.24) is 5.32 Å². The summed E-state index contributed by atoms with van der Waals surface area (Å²) in [6.45, 7) is 1.22. The third kappa shape index (κ3) is 1.95. The van der Waals surface area contributed by atoms with Gasteiger partial charge in [-0.05, 0) is 37.9 Å². The summed E-state index contributed by atoms with van der Waals surface area (Å²) in [5, 5.41) is 3.44. The van der Waals surface area contributed by atoms with Crippen LogP contribution in [0.2, 0.25) is 0 Å². The molecule has 1 aromatic rings. The molecule has 17 heavy (non-hydrogen) atoms. The maximum absolute atomic E-state index is 3.44. The molecule has 92 valence electrons. The number of anilines is 1. The third-order valence-corrected chi connectivity index (χ3v) is 4.39. The Morgan fingerprint density at radius 1 is 1.12 bits per heavy atom. The lowest BCUT2D eigenvalue weighted by molar-refractivity contribution is 0.484. The van der Waals surface area contributed by atoms with Crippen molar-refractivity contribution in [3.63, 3.8) is 0 Å². The average molecular weight is 230 g/mol. The molecular weight excluding hydrogens is 208 g/mol. The first-order valence-electron chi connectivity index (χ1n) is 6.93. The summed E-state index contributed by atoms with van der Waals surface area (Å²) in [6, 6.07) is 10.3. The van der Waals surface area contributed by atoms with Crippen LogP contribution >= 0.6 is 0 Å². The number of nitrogens with one attached hydrogen (secondary N) is 1. The molecule has 2 nitrogen and oxygen atoms in total. The molecule has 1 aliphatic carbocycles. The molecule has 2 aliphatic rings. The van der Waals surface area contributed by atoms with E-state index in [9.17, 15) is 0 Å². The van der Waals surface area contributed by atoms with Gasteiger partial charge >= 0.3 is 0 Å². The molecule has 0 aromatic heterocycles. The minimum absolute atomic E-state index is 0.545. The highest BCUT2D eigenvalue weighted by atomic mass is 15.2. The summed E-state index contributed by atoms with van der Waals surface area (Å²) in [5.41, 5.74) is 2.97. The molecule has 1 N–H and O–H groups in total. The van der Waals surface area contributed by atoms with Gasteiger partial charge in [-0.25, -0.2) is 0 Å². The Bertz CT molecular complexity index is 382. The van der Waals surface area contributed by atoms with Crippen molar-refractivity contribution in [2.45, 2.75) is 44.2 Å².